The van der Waals surface area contributed by atoms with Crippen molar-refractivity contribution in [2.45, 2.75) is 26.9 Å². The summed E-state index contributed by atoms with van der Waals surface area (Å²) >= 11 is 0. The summed E-state index contributed by atoms with van der Waals surface area (Å²) in [5.74, 6) is 0.761. The van der Waals surface area contributed by atoms with Gasteiger partial charge in [-0.2, -0.15) is 4.98 Å². The molecular formula is C20H21FN4O3. The third-order valence-electron chi connectivity index (χ3n) is 3.89. The van der Waals surface area contributed by atoms with Crippen molar-refractivity contribution in [1.29, 1.82) is 0 Å². The maximum absolute atomic E-state index is 13.7. The van der Waals surface area contributed by atoms with Crippen LogP contribution in [-0.4, -0.2) is 22.7 Å². The Morgan fingerprint density at radius 1 is 1.25 bits per heavy atom. The lowest BCUT2D eigenvalue weighted by atomic mass is 10.1. The number of carbonyl (C=O) groups is 1. The van der Waals surface area contributed by atoms with Gasteiger partial charge < -0.3 is 19.9 Å². The fourth-order valence-corrected chi connectivity index (χ4v) is 2.39. The first-order valence-corrected chi connectivity index (χ1v) is 8.92. The molecule has 0 aliphatic rings. The standard InChI is InChI=1S/C20H21FN4O3/c1-3-9-22-20(26)23-15-5-4-6-16(11-15)27-12-18-24-19(25-28-18)14-8-7-13(2)17(21)10-14/h4-8,10-11H,3,9,12H2,1-2H3,(H2,22,23,26). The summed E-state index contributed by atoms with van der Waals surface area (Å²) in [6.07, 6.45) is 0.859. The van der Waals surface area contributed by atoms with Gasteiger partial charge in [-0.25, -0.2) is 9.18 Å². The highest BCUT2D eigenvalue weighted by Crippen LogP contribution is 2.21. The van der Waals surface area contributed by atoms with Gasteiger partial charge in [0, 0.05) is 23.9 Å². The number of urea groups is 1. The van der Waals surface area contributed by atoms with Crippen LogP contribution in [0.1, 0.15) is 24.8 Å². The average molecular weight is 384 g/mol. The molecule has 0 atom stereocenters. The second-order valence-corrected chi connectivity index (χ2v) is 6.17. The number of benzene rings is 2. The van der Waals surface area contributed by atoms with Gasteiger partial charge in [-0.1, -0.05) is 30.3 Å². The van der Waals surface area contributed by atoms with E-state index in [1.807, 2.05) is 6.92 Å². The van der Waals surface area contributed by atoms with Crippen LogP contribution in [0.25, 0.3) is 11.4 Å². The van der Waals surface area contributed by atoms with Gasteiger partial charge in [0.15, 0.2) is 6.61 Å². The summed E-state index contributed by atoms with van der Waals surface area (Å²) in [5.41, 5.74) is 1.68. The van der Waals surface area contributed by atoms with Crippen molar-refractivity contribution < 1.29 is 18.4 Å². The van der Waals surface area contributed by atoms with Crippen LogP contribution in [0.15, 0.2) is 47.0 Å². The Morgan fingerprint density at radius 3 is 2.89 bits per heavy atom. The Morgan fingerprint density at radius 2 is 2.11 bits per heavy atom. The molecule has 3 aromatic rings. The average Bonchev–Trinajstić information content (AvgIpc) is 3.16. The van der Waals surface area contributed by atoms with Crippen LogP contribution in [-0.2, 0) is 6.61 Å². The van der Waals surface area contributed by atoms with Crippen molar-refractivity contribution in [3.05, 3.63) is 59.7 Å². The summed E-state index contributed by atoms with van der Waals surface area (Å²) in [7, 11) is 0. The molecule has 146 valence electrons. The van der Waals surface area contributed by atoms with Gasteiger partial charge in [0.05, 0.1) is 0 Å². The van der Waals surface area contributed by atoms with Crippen LogP contribution in [0.5, 0.6) is 5.75 Å². The molecule has 7 nitrogen and oxygen atoms in total. The second kappa shape index (κ2) is 8.98. The van der Waals surface area contributed by atoms with Crippen molar-refractivity contribution in [2.75, 3.05) is 11.9 Å². The van der Waals surface area contributed by atoms with Gasteiger partial charge in [-0.15, -0.1) is 0 Å². The van der Waals surface area contributed by atoms with E-state index in [9.17, 15) is 9.18 Å². The quantitative estimate of drug-likeness (QED) is 0.634. The van der Waals surface area contributed by atoms with E-state index in [4.69, 9.17) is 9.26 Å². The SMILES string of the molecule is CCCNC(=O)Nc1cccc(OCc2nc(-c3ccc(C)c(F)c3)no2)c1. The molecule has 0 spiro atoms. The summed E-state index contributed by atoms with van der Waals surface area (Å²) in [4.78, 5) is 15.9. The number of carbonyl (C=O) groups excluding carboxylic acids is 1. The van der Waals surface area contributed by atoms with Crippen molar-refractivity contribution in [3.8, 4) is 17.1 Å². The van der Waals surface area contributed by atoms with Gasteiger partial charge in [0.1, 0.15) is 11.6 Å². The summed E-state index contributed by atoms with van der Waals surface area (Å²) in [6.45, 7) is 4.32. The molecule has 8 heteroatoms. The van der Waals surface area contributed by atoms with E-state index in [1.54, 1.807) is 43.3 Å². The third kappa shape index (κ3) is 5.06. The minimum absolute atomic E-state index is 0.0484. The molecule has 2 aromatic carbocycles. The number of rotatable bonds is 7. The zero-order chi connectivity index (χ0) is 19.9. The van der Waals surface area contributed by atoms with E-state index in [1.165, 1.54) is 6.07 Å². The first-order chi connectivity index (χ1) is 13.5. The molecule has 0 unspecified atom stereocenters. The highest BCUT2D eigenvalue weighted by Gasteiger charge is 2.11. The molecule has 3 rings (SSSR count). The van der Waals surface area contributed by atoms with Crippen molar-refractivity contribution in [1.82, 2.24) is 15.5 Å². The van der Waals surface area contributed by atoms with Crippen LogP contribution in [0.3, 0.4) is 0 Å². The number of halogens is 1. The molecule has 0 bridgehead atoms. The summed E-state index contributed by atoms with van der Waals surface area (Å²) < 4.78 is 24.5. The molecule has 0 saturated heterocycles. The number of nitrogens with one attached hydrogen (secondary N) is 2. The first-order valence-electron chi connectivity index (χ1n) is 8.92. The van der Waals surface area contributed by atoms with Gasteiger partial charge in [0.25, 0.3) is 5.89 Å². The molecule has 0 aliphatic carbocycles. The van der Waals surface area contributed by atoms with E-state index < -0.39 is 0 Å². The number of anilines is 1. The Bertz CT molecular complexity index is 958. The van der Waals surface area contributed by atoms with Crippen molar-refractivity contribution in [2.24, 2.45) is 0 Å². The van der Waals surface area contributed by atoms with Crippen LogP contribution in [0, 0.1) is 12.7 Å². The Labute approximate surface area is 161 Å². The zero-order valence-corrected chi connectivity index (χ0v) is 15.7. The molecule has 2 N–H and O–H groups in total. The first kappa shape index (κ1) is 19.3. The molecule has 0 saturated carbocycles. The maximum Gasteiger partial charge on any atom is 0.319 e. The van der Waals surface area contributed by atoms with Crippen LogP contribution >= 0.6 is 0 Å². The van der Waals surface area contributed by atoms with Crippen LogP contribution in [0.2, 0.25) is 0 Å². The third-order valence-corrected chi connectivity index (χ3v) is 3.89. The molecule has 28 heavy (non-hydrogen) atoms. The van der Waals surface area contributed by atoms with Gasteiger partial charge in [-0.05, 0) is 37.1 Å². The molecule has 0 radical (unpaired) electrons. The van der Waals surface area contributed by atoms with Crippen LogP contribution < -0.4 is 15.4 Å². The van der Waals surface area contributed by atoms with Gasteiger partial charge in [-0.3, -0.25) is 0 Å². The smallest absolute Gasteiger partial charge is 0.319 e. The van der Waals surface area contributed by atoms with E-state index in [-0.39, 0.29) is 24.3 Å². The number of nitrogens with zero attached hydrogens (tertiary/aromatic N) is 2. The lowest BCUT2D eigenvalue weighted by molar-refractivity contribution is 0.243. The highest BCUT2D eigenvalue weighted by molar-refractivity contribution is 5.89. The topological polar surface area (TPSA) is 89.3 Å². The van der Waals surface area contributed by atoms with Crippen molar-refractivity contribution >= 4 is 11.7 Å². The number of hydrogen-bond donors (Lipinski definition) is 2. The Hall–Kier alpha value is -3.42. The monoisotopic (exact) mass is 384 g/mol. The van der Waals surface area contributed by atoms with Gasteiger partial charge in [0.2, 0.25) is 5.82 Å². The Kier molecular flexibility index (Phi) is 6.21. The lowest BCUT2D eigenvalue weighted by Crippen LogP contribution is -2.29. The molecule has 1 aromatic heterocycles. The fourth-order valence-electron chi connectivity index (χ4n) is 2.39. The maximum atomic E-state index is 13.7. The zero-order valence-electron chi connectivity index (χ0n) is 15.7. The van der Waals surface area contributed by atoms with E-state index in [2.05, 4.69) is 20.8 Å². The minimum Gasteiger partial charge on any atom is -0.484 e. The molecule has 0 fully saturated rings. The minimum atomic E-state index is -0.326. The predicted molar refractivity (Wildman–Crippen MR) is 103 cm³/mol. The van der Waals surface area contributed by atoms with E-state index in [0.717, 1.165) is 6.42 Å². The summed E-state index contributed by atoms with van der Waals surface area (Å²) in [6, 6.07) is 11.4. The number of aryl methyl sites for hydroxylation is 1. The second-order valence-electron chi connectivity index (χ2n) is 6.17. The van der Waals surface area contributed by atoms with Crippen molar-refractivity contribution in [3.63, 3.8) is 0 Å². The number of hydrogen-bond acceptors (Lipinski definition) is 5. The Balaban J connectivity index is 1.60. The fraction of sp³-hybridized carbons (Fsp3) is 0.250. The number of aromatic nitrogens is 2. The van der Waals surface area contributed by atoms with Crippen LogP contribution in [0.4, 0.5) is 14.9 Å². The molecule has 0 aliphatic heterocycles. The largest absolute Gasteiger partial charge is 0.484 e. The molecule has 1 heterocycles. The summed E-state index contributed by atoms with van der Waals surface area (Å²) in [5, 5.41) is 9.32. The number of amides is 2. The molecular weight excluding hydrogens is 363 g/mol. The van der Waals surface area contributed by atoms with E-state index >= 15 is 0 Å². The highest BCUT2D eigenvalue weighted by atomic mass is 19.1. The normalized spacial score (nSPS) is 10.5. The van der Waals surface area contributed by atoms with E-state index in [0.29, 0.717) is 34.9 Å². The van der Waals surface area contributed by atoms with Gasteiger partial charge >= 0.3 is 6.03 Å². The molecule has 2 amide bonds. The lowest BCUT2D eigenvalue weighted by Gasteiger charge is -2.08. The predicted octanol–water partition coefficient (Wildman–Crippen LogP) is 4.29. The number of ether oxygens (including phenoxy) is 1.